The first-order valence-electron chi connectivity index (χ1n) is 7.13. The lowest BCUT2D eigenvalue weighted by molar-refractivity contribution is 0.102. The van der Waals surface area contributed by atoms with E-state index in [-0.39, 0.29) is 5.91 Å². The van der Waals surface area contributed by atoms with Gasteiger partial charge in [-0.25, -0.2) is 4.98 Å². The maximum Gasteiger partial charge on any atom is 0.257 e. The van der Waals surface area contributed by atoms with Gasteiger partial charge in [-0.3, -0.25) is 10.1 Å². The van der Waals surface area contributed by atoms with Gasteiger partial charge in [-0.15, -0.1) is 0 Å². The summed E-state index contributed by atoms with van der Waals surface area (Å²) in [6.07, 6.45) is 1.80. The van der Waals surface area contributed by atoms with Crippen molar-refractivity contribution in [3.05, 3.63) is 70.4 Å². The van der Waals surface area contributed by atoms with Gasteiger partial charge in [0.1, 0.15) is 0 Å². The van der Waals surface area contributed by atoms with Crippen molar-refractivity contribution >= 4 is 34.0 Å². The minimum absolute atomic E-state index is 0.191. The number of carbonyl (C=O) groups is 1. The van der Waals surface area contributed by atoms with E-state index in [1.165, 1.54) is 22.5 Å². The van der Waals surface area contributed by atoms with Crippen molar-refractivity contribution in [2.45, 2.75) is 13.8 Å². The molecule has 0 fully saturated rings. The Kier molecular flexibility index (Phi) is 4.46. The normalized spacial score (nSPS) is 10.6. The van der Waals surface area contributed by atoms with Crippen LogP contribution < -0.4 is 5.32 Å². The van der Waals surface area contributed by atoms with Gasteiger partial charge < -0.3 is 0 Å². The number of hydrogen-bond acceptors (Lipinski definition) is 3. The van der Waals surface area contributed by atoms with E-state index in [0.29, 0.717) is 15.7 Å². The summed E-state index contributed by atoms with van der Waals surface area (Å²) in [6.45, 7) is 4.13. The number of carbonyl (C=O) groups excluding carboxylic acids is 1. The Labute approximate surface area is 144 Å². The summed E-state index contributed by atoms with van der Waals surface area (Å²) in [5.41, 5.74) is 4.09. The van der Waals surface area contributed by atoms with Crippen LogP contribution >= 0.6 is 22.9 Å². The molecule has 3 aromatic rings. The number of aryl methyl sites for hydroxylation is 2. The van der Waals surface area contributed by atoms with E-state index < -0.39 is 0 Å². The molecule has 1 heterocycles. The van der Waals surface area contributed by atoms with Crippen LogP contribution in [0, 0.1) is 13.8 Å². The summed E-state index contributed by atoms with van der Waals surface area (Å²) in [6, 6.07) is 13.1. The fraction of sp³-hybridized carbons (Fsp3) is 0.111. The molecule has 0 spiro atoms. The van der Waals surface area contributed by atoms with Crippen LogP contribution in [-0.4, -0.2) is 10.9 Å². The number of aromatic nitrogens is 1. The molecule has 1 N–H and O–H groups in total. The van der Waals surface area contributed by atoms with Crippen LogP contribution in [0.1, 0.15) is 21.5 Å². The second-order valence-electron chi connectivity index (χ2n) is 5.31. The third kappa shape index (κ3) is 3.60. The number of amides is 1. The smallest absolute Gasteiger partial charge is 0.257 e. The van der Waals surface area contributed by atoms with Crippen LogP contribution in [0.15, 0.2) is 48.7 Å². The number of halogens is 1. The first-order chi connectivity index (χ1) is 11.0. The fourth-order valence-electron chi connectivity index (χ4n) is 2.23. The quantitative estimate of drug-likeness (QED) is 0.698. The van der Waals surface area contributed by atoms with E-state index in [9.17, 15) is 4.79 Å². The first kappa shape index (κ1) is 15.7. The maximum absolute atomic E-state index is 12.2. The molecule has 1 aromatic heterocycles. The molecule has 0 saturated heterocycles. The fourth-order valence-corrected chi connectivity index (χ4v) is 3.25. The van der Waals surface area contributed by atoms with E-state index in [4.69, 9.17) is 11.6 Å². The maximum atomic E-state index is 12.2. The number of anilines is 1. The summed E-state index contributed by atoms with van der Waals surface area (Å²) >= 11 is 7.30. The van der Waals surface area contributed by atoms with Gasteiger partial charge >= 0.3 is 0 Å². The molecule has 23 heavy (non-hydrogen) atoms. The third-order valence-electron chi connectivity index (χ3n) is 3.49. The highest BCUT2D eigenvalue weighted by atomic mass is 35.5. The van der Waals surface area contributed by atoms with Crippen LogP contribution in [0.2, 0.25) is 5.02 Å². The molecule has 0 aliphatic carbocycles. The topological polar surface area (TPSA) is 42.0 Å². The summed E-state index contributed by atoms with van der Waals surface area (Å²) in [5.74, 6) is -0.191. The Hall–Kier alpha value is -2.17. The van der Waals surface area contributed by atoms with Crippen molar-refractivity contribution in [3.63, 3.8) is 0 Å². The summed E-state index contributed by atoms with van der Waals surface area (Å²) in [5, 5.41) is 4.02. The van der Waals surface area contributed by atoms with Crippen molar-refractivity contribution in [2.75, 3.05) is 5.32 Å². The van der Waals surface area contributed by atoms with E-state index in [1.54, 1.807) is 30.5 Å². The zero-order valence-electron chi connectivity index (χ0n) is 12.8. The standard InChI is InChI=1S/C18H15ClN2OS/c1-11-3-4-12(2)15(9-11)16-10-20-18(23-16)21-17(22)13-5-7-14(19)8-6-13/h3-10H,1-2H3,(H,20,21,22). The van der Waals surface area contributed by atoms with Crippen molar-refractivity contribution in [1.82, 2.24) is 4.98 Å². The van der Waals surface area contributed by atoms with Gasteiger partial charge in [0.2, 0.25) is 0 Å². The Morgan fingerprint density at radius 2 is 1.87 bits per heavy atom. The predicted octanol–water partition coefficient (Wildman–Crippen LogP) is 5.33. The van der Waals surface area contributed by atoms with Crippen molar-refractivity contribution in [1.29, 1.82) is 0 Å². The number of hydrogen-bond donors (Lipinski definition) is 1. The zero-order chi connectivity index (χ0) is 16.4. The van der Waals surface area contributed by atoms with E-state index in [2.05, 4.69) is 42.3 Å². The molecule has 3 nitrogen and oxygen atoms in total. The highest BCUT2D eigenvalue weighted by Crippen LogP contribution is 2.32. The third-order valence-corrected chi connectivity index (χ3v) is 4.69. The Balaban J connectivity index is 1.81. The van der Waals surface area contributed by atoms with E-state index in [1.807, 2.05) is 0 Å². The molecule has 0 aliphatic heterocycles. The van der Waals surface area contributed by atoms with Gasteiger partial charge in [0.05, 0.1) is 4.88 Å². The van der Waals surface area contributed by atoms with Crippen molar-refractivity contribution in [2.24, 2.45) is 0 Å². The van der Waals surface area contributed by atoms with Crippen LogP contribution in [0.5, 0.6) is 0 Å². The molecule has 2 aromatic carbocycles. The van der Waals surface area contributed by atoms with Gasteiger partial charge in [0, 0.05) is 16.8 Å². The van der Waals surface area contributed by atoms with Crippen LogP contribution in [0.4, 0.5) is 5.13 Å². The zero-order valence-corrected chi connectivity index (χ0v) is 14.3. The average Bonchev–Trinajstić information content (AvgIpc) is 2.98. The van der Waals surface area contributed by atoms with Gasteiger partial charge in [0.15, 0.2) is 5.13 Å². The lowest BCUT2D eigenvalue weighted by Gasteiger charge is -2.04. The molecule has 0 unspecified atom stereocenters. The largest absolute Gasteiger partial charge is 0.298 e. The first-order valence-corrected chi connectivity index (χ1v) is 8.33. The van der Waals surface area contributed by atoms with Crippen molar-refractivity contribution in [3.8, 4) is 10.4 Å². The molecule has 0 atom stereocenters. The van der Waals surface area contributed by atoms with Gasteiger partial charge in [-0.1, -0.05) is 46.7 Å². The highest BCUT2D eigenvalue weighted by molar-refractivity contribution is 7.19. The Morgan fingerprint density at radius 3 is 2.61 bits per heavy atom. The highest BCUT2D eigenvalue weighted by Gasteiger charge is 2.11. The Bertz CT molecular complexity index is 856. The number of thiazole rings is 1. The summed E-state index contributed by atoms with van der Waals surface area (Å²) in [4.78, 5) is 17.6. The minimum Gasteiger partial charge on any atom is -0.298 e. The van der Waals surface area contributed by atoms with Gasteiger partial charge in [0.25, 0.3) is 5.91 Å². The lowest BCUT2D eigenvalue weighted by Crippen LogP contribution is -2.11. The number of rotatable bonds is 3. The number of nitrogens with zero attached hydrogens (tertiary/aromatic N) is 1. The lowest BCUT2D eigenvalue weighted by atomic mass is 10.1. The SMILES string of the molecule is Cc1ccc(C)c(-c2cnc(NC(=O)c3ccc(Cl)cc3)s2)c1. The monoisotopic (exact) mass is 342 g/mol. The minimum atomic E-state index is -0.191. The molecule has 5 heteroatoms. The summed E-state index contributed by atoms with van der Waals surface area (Å²) < 4.78 is 0. The Morgan fingerprint density at radius 1 is 1.13 bits per heavy atom. The number of nitrogens with one attached hydrogen (secondary N) is 1. The molecule has 0 bridgehead atoms. The molecule has 0 aliphatic rings. The summed E-state index contributed by atoms with van der Waals surface area (Å²) in [7, 11) is 0. The molecule has 0 saturated carbocycles. The average molecular weight is 343 g/mol. The van der Waals surface area contributed by atoms with Crippen molar-refractivity contribution < 1.29 is 4.79 Å². The molecular weight excluding hydrogens is 328 g/mol. The van der Waals surface area contributed by atoms with E-state index in [0.717, 1.165) is 10.4 Å². The van der Waals surface area contributed by atoms with Crippen LogP contribution in [0.25, 0.3) is 10.4 Å². The molecule has 0 radical (unpaired) electrons. The number of benzene rings is 2. The van der Waals surface area contributed by atoms with Gasteiger partial charge in [-0.2, -0.15) is 0 Å². The molecule has 3 rings (SSSR count). The van der Waals surface area contributed by atoms with Crippen LogP contribution in [-0.2, 0) is 0 Å². The van der Waals surface area contributed by atoms with Gasteiger partial charge in [-0.05, 0) is 49.2 Å². The second-order valence-corrected chi connectivity index (χ2v) is 6.78. The van der Waals surface area contributed by atoms with Crippen LogP contribution in [0.3, 0.4) is 0 Å². The molecule has 1 amide bonds. The predicted molar refractivity (Wildman–Crippen MR) is 96.4 cm³/mol. The molecular formula is C18H15ClN2OS. The molecule has 116 valence electrons. The van der Waals surface area contributed by atoms with E-state index >= 15 is 0 Å². The second kappa shape index (κ2) is 6.52.